The number of carbonyl (C=O) groups is 3. The molecule has 18 bridgehead atoms. The van der Waals surface area contributed by atoms with Crippen LogP contribution in [-0.4, -0.2) is 151 Å². The Morgan fingerprint density at radius 2 is 0.529 bits per heavy atom. The molecule has 14 aliphatic rings. The average molecular weight is 1460 g/mol. The highest BCUT2D eigenvalue weighted by molar-refractivity contribution is 8.00. The summed E-state index contributed by atoms with van der Waals surface area (Å²) >= 11 is 4.39. The number of thioether (sulfide) groups is 3. The van der Waals surface area contributed by atoms with Gasteiger partial charge in [-0.2, -0.15) is 0 Å². The van der Waals surface area contributed by atoms with Crippen LogP contribution in [0.2, 0.25) is 0 Å². The molecule has 0 saturated heterocycles. The molecule has 0 spiro atoms. The largest absolute Gasteiger partial charge is 0.493 e. The number of rotatable bonds is 30. The fraction of sp³-hybridized carbons (Fsp3) is 0.519. The molecule has 0 saturated carbocycles. The molecular formula is C81H105N3O15S3. The van der Waals surface area contributed by atoms with Crippen LogP contribution in [-0.2, 0) is 52.9 Å². The van der Waals surface area contributed by atoms with Crippen LogP contribution < -0.4 is 58.6 Å². The number of aliphatic hydroxyl groups is 3. The molecule has 12 heterocycles. The molecule has 0 radical (unpaired) electrons. The molecule has 21 heteroatoms. The lowest BCUT2D eigenvalue weighted by molar-refractivity contribution is -0.119. The van der Waals surface area contributed by atoms with Crippen LogP contribution in [0, 0.1) is 0 Å². The zero-order valence-corrected chi connectivity index (χ0v) is 62.4. The minimum Gasteiger partial charge on any atom is -0.493 e. The summed E-state index contributed by atoms with van der Waals surface area (Å²) in [7, 11) is 5.06. The third kappa shape index (κ3) is 22.9. The molecule has 20 rings (SSSR count). The molecule has 2 aliphatic carbocycles. The van der Waals surface area contributed by atoms with Crippen LogP contribution in [0.15, 0.2) is 87.5 Å². The van der Waals surface area contributed by atoms with E-state index >= 15 is 0 Å². The van der Waals surface area contributed by atoms with Crippen molar-refractivity contribution in [3.63, 3.8) is 0 Å². The second-order valence-corrected chi connectivity index (χ2v) is 29.7. The minimum atomic E-state index is -0.0707. The first kappa shape index (κ1) is 77.5. The average Bonchev–Trinajstić information content (AvgIpc) is 1.59. The van der Waals surface area contributed by atoms with E-state index in [-0.39, 0.29) is 54.8 Å². The Morgan fingerprint density at radius 1 is 0.314 bits per heavy atom. The zero-order valence-electron chi connectivity index (χ0n) is 60.0. The first-order valence-electron chi connectivity index (χ1n) is 36.9. The summed E-state index contributed by atoms with van der Waals surface area (Å²) in [4.78, 5) is 43.7. The summed E-state index contributed by atoms with van der Waals surface area (Å²) < 4.78 is 59.4. The third-order valence-corrected chi connectivity index (χ3v) is 22.1. The van der Waals surface area contributed by atoms with Gasteiger partial charge in [-0.3, -0.25) is 14.4 Å². The Morgan fingerprint density at radius 3 is 0.775 bits per heavy atom. The summed E-state index contributed by atoms with van der Waals surface area (Å²) in [6.45, 7) is 4.49. The van der Waals surface area contributed by atoms with E-state index in [4.69, 9.17) is 42.6 Å². The monoisotopic (exact) mass is 1460 g/mol. The number of unbranched alkanes of at least 4 members (excludes halogenated alkanes) is 9. The maximum absolute atomic E-state index is 13.7. The van der Waals surface area contributed by atoms with Gasteiger partial charge in [-0.25, -0.2) is 0 Å². The van der Waals surface area contributed by atoms with Gasteiger partial charge in [-0.05, 0) is 255 Å². The molecule has 6 aromatic rings. The molecule has 0 unspecified atom stereocenters. The molecule has 0 atom stereocenters. The van der Waals surface area contributed by atoms with E-state index in [2.05, 4.69) is 88.7 Å². The molecule has 552 valence electrons. The van der Waals surface area contributed by atoms with Crippen LogP contribution in [0.1, 0.15) is 182 Å². The van der Waals surface area contributed by atoms with Gasteiger partial charge in [0.2, 0.25) is 17.7 Å². The van der Waals surface area contributed by atoms with Crippen molar-refractivity contribution in [1.29, 1.82) is 0 Å². The van der Waals surface area contributed by atoms with E-state index in [1.165, 1.54) is 35.3 Å². The van der Waals surface area contributed by atoms with Crippen molar-refractivity contribution in [3.8, 4) is 51.7 Å². The highest BCUT2D eigenvalue weighted by Crippen LogP contribution is 2.45. The molecule has 3 amide bonds. The zero-order chi connectivity index (χ0) is 71.3. The quantitative estimate of drug-likeness (QED) is 0.0182. The Balaban J connectivity index is 1.09. The van der Waals surface area contributed by atoms with E-state index in [0.717, 1.165) is 158 Å². The summed E-state index contributed by atoms with van der Waals surface area (Å²) in [5.41, 5.74) is 12.9. The molecule has 12 aliphatic heterocycles. The normalized spacial score (nSPS) is 14.4. The van der Waals surface area contributed by atoms with Crippen molar-refractivity contribution in [1.82, 2.24) is 16.0 Å². The number of carbonyl (C=O) groups excluding carboxylic acids is 3. The minimum absolute atomic E-state index is 0.0707. The smallest absolute Gasteiger partial charge is 0.230 e. The highest BCUT2D eigenvalue weighted by atomic mass is 32.2. The SMILES string of the molecule is COc1cc2c3cc1OCCCCOc1cc4c(cc1SCC(=O)NCCCCCCO)Cc1cc5c(SCC(=O)NCCCCCCO)cc1Cc1cc(c(SCC(=O)NCCCCCCO)cc1C4)OCCCCOc1cc(c(cc1OC)Cc1cc(c(OC)cc1C3)OCCCCO5)C2. The van der Waals surface area contributed by atoms with E-state index in [1.54, 1.807) is 21.3 Å². The van der Waals surface area contributed by atoms with Gasteiger partial charge < -0.3 is 73.9 Å². The first-order valence-corrected chi connectivity index (χ1v) is 39.8. The maximum atomic E-state index is 13.7. The van der Waals surface area contributed by atoms with Crippen LogP contribution in [0.5, 0.6) is 51.7 Å². The highest BCUT2D eigenvalue weighted by Gasteiger charge is 2.27. The van der Waals surface area contributed by atoms with Crippen molar-refractivity contribution in [2.24, 2.45) is 0 Å². The van der Waals surface area contributed by atoms with Crippen molar-refractivity contribution >= 4 is 53.0 Å². The fourth-order valence-electron chi connectivity index (χ4n) is 13.3. The van der Waals surface area contributed by atoms with E-state index in [0.29, 0.717) is 188 Å². The number of hydrogen-bond acceptors (Lipinski definition) is 18. The van der Waals surface area contributed by atoms with Crippen LogP contribution in [0.3, 0.4) is 0 Å². The van der Waals surface area contributed by atoms with Crippen LogP contribution in [0.25, 0.3) is 0 Å². The van der Waals surface area contributed by atoms with Crippen molar-refractivity contribution in [3.05, 3.63) is 140 Å². The Kier molecular flexibility index (Phi) is 31.4. The number of amides is 3. The van der Waals surface area contributed by atoms with Gasteiger partial charge >= 0.3 is 0 Å². The van der Waals surface area contributed by atoms with Crippen molar-refractivity contribution in [2.45, 2.75) is 169 Å². The lowest BCUT2D eigenvalue weighted by Gasteiger charge is -2.20. The molecule has 0 fully saturated rings. The maximum Gasteiger partial charge on any atom is 0.230 e. The van der Waals surface area contributed by atoms with E-state index < -0.39 is 0 Å². The predicted molar refractivity (Wildman–Crippen MR) is 404 cm³/mol. The molecular weight excluding hydrogens is 1350 g/mol. The van der Waals surface area contributed by atoms with Gasteiger partial charge in [0.1, 0.15) is 17.2 Å². The lowest BCUT2D eigenvalue weighted by atomic mass is 9.94. The Labute approximate surface area is 615 Å². The molecule has 0 aromatic heterocycles. The number of hydrogen-bond donors (Lipinski definition) is 6. The van der Waals surface area contributed by atoms with Gasteiger partial charge in [-0.1, -0.05) is 38.5 Å². The summed E-state index contributed by atoms with van der Waals surface area (Å²) in [6, 6.07) is 25.9. The fourth-order valence-corrected chi connectivity index (χ4v) is 15.9. The predicted octanol–water partition coefficient (Wildman–Crippen LogP) is 13.5. The number of nitrogens with one attached hydrogen (secondary N) is 3. The summed E-state index contributed by atoms with van der Waals surface area (Å²) in [5, 5.41) is 37.4. The van der Waals surface area contributed by atoms with Gasteiger partial charge in [0.15, 0.2) is 34.5 Å². The summed E-state index contributed by atoms with van der Waals surface area (Å²) in [6.07, 6.45) is 17.6. The standard InChI is InChI=1S/C81H105N3O15S3/c1-91-67-40-55-34-59-44-71-69(93-3)42-57(59)36-60-45-72-68(92-2)41-56(60)35-58(55)43-70(67)94-28-16-19-31-97-73-46-61-37-65-50-77(101-53-80(89)83-23-11-5-8-14-26-86)74(98-32-20-17-29-95-71)48-63(65)39-66-51-78(102-54-81(90)84-24-12-6-9-15-27-87)75(99-33-21-18-30-96-72)47-62(66)38-64(61)49-76(73)100-52-79(88)82-22-10-4-7-13-25-85/h40-51,85-87H,4-39,52-54H2,1-3H3,(H,82,88)(H,83,89)(H,84,90). The molecule has 6 N–H and O–H groups in total. The molecule has 102 heavy (non-hydrogen) atoms. The number of methoxy groups -OCH3 is 3. The van der Waals surface area contributed by atoms with Crippen LogP contribution in [0.4, 0.5) is 0 Å². The Hall–Kier alpha value is -7.14. The molecule has 6 aromatic carbocycles. The molecule has 18 nitrogen and oxygen atoms in total. The second-order valence-electron chi connectivity index (χ2n) is 26.6. The Bertz CT molecular complexity index is 3360. The van der Waals surface area contributed by atoms with Gasteiger partial charge in [0, 0.05) is 39.5 Å². The van der Waals surface area contributed by atoms with Gasteiger partial charge in [0.05, 0.1) is 92.9 Å². The van der Waals surface area contributed by atoms with Gasteiger partial charge in [0.25, 0.3) is 0 Å². The van der Waals surface area contributed by atoms with E-state index in [9.17, 15) is 29.7 Å². The number of ether oxygens (including phenoxy) is 9. The number of benzene rings is 6. The first-order chi connectivity index (χ1) is 50.0. The topological polar surface area (TPSA) is 231 Å². The van der Waals surface area contributed by atoms with Crippen LogP contribution >= 0.6 is 35.3 Å². The van der Waals surface area contributed by atoms with Crippen molar-refractivity contribution < 1.29 is 72.3 Å². The summed E-state index contributed by atoms with van der Waals surface area (Å²) in [5.74, 6) is 6.26. The van der Waals surface area contributed by atoms with Gasteiger partial charge in [-0.15, -0.1) is 35.3 Å². The lowest BCUT2D eigenvalue weighted by Crippen LogP contribution is -2.26. The second kappa shape index (κ2) is 41.4. The number of aliphatic hydroxyl groups excluding tert-OH is 3. The van der Waals surface area contributed by atoms with E-state index in [1.807, 2.05) is 0 Å². The van der Waals surface area contributed by atoms with Crippen molar-refractivity contribution in [2.75, 3.05) is 118 Å². The third-order valence-electron chi connectivity index (χ3n) is 19.0.